The maximum Gasteiger partial charge on any atom is 0.287 e. The SMILES string of the molecule is Nc1nc(N2CCCC2)sc1C(=O)NCC(F)(F)CO. The fourth-order valence-electron chi connectivity index (χ4n) is 1.87. The van der Waals surface area contributed by atoms with E-state index in [9.17, 15) is 13.6 Å². The van der Waals surface area contributed by atoms with Crippen molar-refractivity contribution in [3.63, 3.8) is 0 Å². The normalized spacial score (nSPS) is 15.7. The Bertz CT molecular complexity index is 489. The lowest BCUT2D eigenvalue weighted by atomic mass is 10.3. The van der Waals surface area contributed by atoms with Gasteiger partial charge in [0.15, 0.2) is 5.13 Å². The van der Waals surface area contributed by atoms with E-state index < -0.39 is 25.0 Å². The molecule has 0 spiro atoms. The molecule has 112 valence electrons. The number of aliphatic hydroxyl groups is 1. The zero-order chi connectivity index (χ0) is 14.8. The highest BCUT2D eigenvalue weighted by Crippen LogP contribution is 2.30. The summed E-state index contributed by atoms with van der Waals surface area (Å²) >= 11 is 1.09. The number of halogens is 2. The molecule has 1 fully saturated rings. The summed E-state index contributed by atoms with van der Waals surface area (Å²) in [6.07, 6.45) is 2.12. The van der Waals surface area contributed by atoms with Crippen molar-refractivity contribution in [2.45, 2.75) is 18.8 Å². The first-order chi connectivity index (χ1) is 9.43. The van der Waals surface area contributed by atoms with E-state index in [4.69, 9.17) is 10.8 Å². The van der Waals surface area contributed by atoms with E-state index in [0.29, 0.717) is 5.13 Å². The Morgan fingerprint density at radius 1 is 1.50 bits per heavy atom. The molecule has 1 aliphatic heterocycles. The van der Waals surface area contributed by atoms with E-state index in [1.54, 1.807) is 0 Å². The molecular weight excluding hydrogens is 290 g/mol. The van der Waals surface area contributed by atoms with Crippen LogP contribution in [0.4, 0.5) is 19.7 Å². The lowest BCUT2D eigenvalue weighted by Crippen LogP contribution is -2.38. The van der Waals surface area contributed by atoms with Gasteiger partial charge in [-0.3, -0.25) is 4.79 Å². The van der Waals surface area contributed by atoms with E-state index in [-0.39, 0.29) is 10.7 Å². The number of carbonyl (C=O) groups is 1. The van der Waals surface area contributed by atoms with Gasteiger partial charge in [0.2, 0.25) is 0 Å². The Balaban J connectivity index is 2.02. The molecule has 4 N–H and O–H groups in total. The standard InChI is InChI=1S/C11H16F2N4O2S/c12-11(13,6-18)5-15-9(19)7-8(14)16-10(20-7)17-3-1-2-4-17/h18H,1-6,14H2,(H,15,19). The lowest BCUT2D eigenvalue weighted by Gasteiger charge is -2.13. The third-order valence-electron chi connectivity index (χ3n) is 2.96. The number of anilines is 2. The van der Waals surface area contributed by atoms with Crippen molar-refractivity contribution >= 4 is 28.2 Å². The molecule has 1 aromatic heterocycles. The number of thiazole rings is 1. The van der Waals surface area contributed by atoms with E-state index in [1.807, 2.05) is 4.90 Å². The quantitative estimate of drug-likeness (QED) is 0.744. The average molecular weight is 306 g/mol. The molecule has 0 radical (unpaired) electrons. The van der Waals surface area contributed by atoms with Crippen molar-refractivity contribution in [3.8, 4) is 0 Å². The fraction of sp³-hybridized carbons (Fsp3) is 0.636. The number of nitrogens with zero attached hydrogens (tertiary/aromatic N) is 2. The second kappa shape index (κ2) is 5.88. The van der Waals surface area contributed by atoms with Crippen LogP contribution < -0.4 is 16.0 Å². The van der Waals surface area contributed by atoms with Gasteiger partial charge in [-0.05, 0) is 12.8 Å². The van der Waals surface area contributed by atoms with Gasteiger partial charge in [-0.15, -0.1) is 0 Å². The minimum absolute atomic E-state index is 0.0433. The van der Waals surface area contributed by atoms with Gasteiger partial charge in [0, 0.05) is 13.1 Å². The Kier molecular flexibility index (Phi) is 4.39. The molecule has 2 rings (SSSR count). The van der Waals surface area contributed by atoms with Crippen LogP contribution in [0.15, 0.2) is 0 Å². The number of nitrogens with two attached hydrogens (primary N) is 1. The topological polar surface area (TPSA) is 91.5 Å². The summed E-state index contributed by atoms with van der Waals surface area (Å²) in [5.41, 5.74) is 5.66. The molecule has 1 aliphatic rings. The van der Waals surface area contributed by atoms with Crippen LogP contribution in [-0.2, 0) is 0 Å². The Morgan fingerprint density at radius 2 is 2.15 bits per heavy atom. The maximum atomic E-state index is 12.9. The van der Waals surface area contributed by atoms with Gasteiger partial charge in [0.05, 0.1) is 6.54 Å². The van der Waals surface area contributed by atoms with Crippen LogP contribution in [-0.4, -0.2) is 48.2 Å². The molecule has 1 aromatic rings. The molecule has 9 heteroatoms. The van der Waals surface area contributed by atoms with Gasteiger partial charge in [0.25, 0.3) is 11.8 Å². The van der Waals surface area contributed by atoms with Gasteiger partial charge in [-0.2, -0.15) is 0 Å². The van der Waals surface area contributed by atoms with Crippen molar-refractivity contribution in [1.29, 1.82) is 0 Å². The first-order valence-electron chi connectivity index (χ1n) is 6.21. The number of hydrogen-bond donors (Lipinski definition) is 3. The summed E-state index contributed by atoms with van der Waals surface area (Å²) in [4.78, 5) is 18.0. The molecule has 0 aromatic carbocycles. The molecule has 1 saturated heterocycles. The largest absolute Gasteiger partial charge is 0.390 e. The van der Waals surface area contributed by atoms with Gasteiger partial charge in [-0.1, -0.05) is 11.3 Å². The predicted octanol–water partition coefficient (Wildman–Crippen LogP) is 0.683. The van der Waals surface area contributed by atoms with Gasteiger partial charge < -0.3 is 21.1 Å². The van der Waals surface area contributed by atoms with Crippen molar-refractivity contribution < 1.29 is 18.7 Å². The highest BCUT2D eigenvalue weighted by molar-refractivity contribution is 7.18. The zero-order valence-corrected chi connectivity index (χ0v) is 11.6. The molecule has 0 saturated carbocycles. The van der Waals surface area contributed by atoms with Crippen LogP contribution >= 0.6 is 11.3 Å². The second-order valence-corrected chi connectivity index (χ2v) is 5.58. The third-order valence-corrected chi connectivity index (χ3v) is 4.09. The van der Waals surface area contributed by atoms with Crippen molar-refractivity contribution in [2.24, 2.45) is 0 Å². The summed E-state index contributed by atoms with van der Waals surface area (Å²) in [5.74, 6) is -3.99. The van der Waals surface area contributed by atoms with E-state index in [0.717, 1.165) is 37.3 Å². The molecule has 0 unspecified atom stereocenters. The summed E-state index contributed by atoms with van der Waals surface area (Å²) < 4.78 is 25.7. The van der Waals surface area contributed by atoms with E-state index in [2.05, 4.69) is 10.3 Å². The zero-order valence-electron chi connectivity index (χ0n) is 10.7. The number of nitrogen functional groups attached to an aromatic ring is 1. The summed E-state index contributed by atoms with van der Waals surface area (Å²) in [6, 6.07) is 0. The van der Waals surface area contributed by atoms with Crippen LogP contribution in [0.2, 0.25) is 0 Å². The van der Waals surface area contributed by atoms with Crippen molar-refractivity contribution in [3.05, 3.63) is 4.88 Å². The number of amides is 1. The highest BCUT2D eigenvalue weighted by atomic mass is 32.1. The second-order valence-electron chi connectivity index (χ2n) is 4.60. The fourth-order valence-corrected chi connectivity index (χ4v) is 2.83. The number of rotatable bonds is 5. The van der Waals surface area contributed by atoms with E-state index in [1.165, 1.54) is 0 Å². The summed E-state index contributed by atoms with van der Waals surface area (Å²) in [7, 11) is 0. The molecular formula is C11H16F2N4O2S. The average Bonchev–Trinajstić information content (AvgIpc) is 3.05. The monoisotopic (exact) mass is 306 g/mol. The predicted molar refractivity (Wildman–Crippen MR) is 72.3 cm³/mol. The smallest absolute Gasteiger partial charge is 0.287 e. The van der Waals surface area contributed by atoms with E-state index >= 15 is 0 Å². The molecule has 1 amide bonds. The van der Waals surface area contributed by atoms with Crippen LogP contribution in [0.1, 0.15) is 22.5 Å². The third kappa shape index (κ3) is 3.34. The van der Waals surface area contributed by atoms with Gasteiger partial charge >= 0.3 is 0 Å². The van der Waals surface area contributed by atoms with Crippen molar-refractivity contribution in [1.82, 2.24) is 10.3 Å². The van der Waals surface area contributed by atoms with Crippen LogP contribution in [0, 0.1) is 0 Å². The molecule has 0 aliphatic carbocycles. The molecule has 2 heterocycles. The number of aromatic nitrogens is 1. The minimum atomic E-state index is -3.34. The first kappa shape index (κ1) is 14.9. The summed E-state index contributed by atoms with van der Waals surface area (Å²) in [6.45, 7) is -0.531. The summed E-state index contributed by atoms with van der Waals surface area (Å²) in [5, 5.41) is 11.1. The molecule has 6 nitrogen and oxygen atoms in total. The van der Waals surface area contributed by atoms with Gasteiger partial charge in [-0.25, -0.2) is 13.8 Å². The number of carbonyl (C=O) groups excluding carboxylic acids is 1. The lowest BCUT2D eigenvalue weighted by molar-refractivity contribution is -0.0461. The van der Waals surface area contributed by atoms with Gasteiger partial charge in [0.1, 0.15) is 17.3 Å². The Labute approximate surface area is 118 Å². The maximum absolute atomic E-state index is 12.9. The Morgan fingerprint density at radius 3 is 2.75 bits per heavy atom. The number of hydrogen-bond acceptors (Lipinski definition) is 6. The van der Waals surface area contributed by atoms with Crippen LogP contribution in [0.25, 0.3) is 0 Å². The molecule has 0 bridgehead atoms. The number of nitrogens with one attached hydrogen (secondary N) is 1. The highest BCUT2D eigenvalue weighted by Gasteiger charge is 2.29. The Hall–Kier alpha value is -1.48. The first-order valence-corrected chi connectivity index (χ1v) is 7.03. The molecule has 20 heavy (non-hydrogen) atoms. The molecule has 0 atom stereocenters. The van der Waals surface area contributed by atoms with Crippen LogP contribution in [0.5, 0.6) is 0 Å². The van der Waals surface area contributed by atoms with Crippen LogP contribution in [0.3, 0.4) is 0 Å². The number of aliphatic hydroxyl groups excluding tert-OH is 1. The minimum Gasteiger partial charge on any atom is -0.390 e. The number of alkyl halides is 2. The van der Waals surface area contributed by atoms with Crippen molar-refractivity contribution in [2.75, 3.05) is 36.9 Å².